The maximum atomic E-state index is 11.5. The third-order valence-electron chi connectivity index (χ3n) is 2.45. The number of carbonyl (C=O) groups excluding carboxylic acids is 2. The molecule has 0 aliphatic rings. The van der Waals surface area contributed by atoms with Crippen molar-refractivity contribution in [3.8, 4) is 0 Å². The minimum atomic E-state index is -0.629. The minimum Gasteiger partial charge on any atom is -0.368 e. The highest BCUT2D eigenvalue weighted by molar-refractivity contribution is 5.88. The molecule has 0 saturated carbocycles. The summed E-state index contributed by atoms with van der Waals surface area (Å²) in [4.78, 5) is 22.2. The van der Waals surface area contributed by atoms with E-state index >= 15 is 0 Å². The van der Waals surface area contributed by atoms with Gasteiger partial charge in [0.15, 0.2) is 6.04 Å². The third-order valence-corrected chi connectivity index (χ3v) is 2.45. The first kappa shape index (κ1) is 12.9. The summed E-state index contributed by atoms with van der Waals surface area (Å²) in [6.45, 7) is 5.50. The van der Waals surface area contributed by atoms with Crippen LogP contribution in [-0.2, 0) is 9.59 Å². The van der Waals surface area contributed by atoms with Gasteiger partial charge in [0.1, 0.15) is 6.04 Å². The Balaban J connectivity index is 4.14. The maximum Gasteiger partial charge on any atom is 0.279 e. The second-order valence-electron chi connectivity index (χ2n) is 3.62. The van der Waals surface area contributed by atoms with Crippen LogP contribution in [0, 0.1) is 5.92 Å². The zero-order valence-electron chi connectivity index (χ0n) is 9.04. The van der Waals surface area contributed by atoms with Gasteiger partial charge in [0.05, 0.1) is 0 Å². The lowest BCUT2D eigenvalue weighted by atomic mass is 9.99. The molecule has 82 valence electrons. The van der Waals surface area contributed by atoms with E-state index in [4.69, 9.17) is 5.73 Å². The molecule has 0 aromatic rings. The van der Waals surface area contributed by atoms with Crippen LogP contribution < -0.4 is 16.8 Å². The van der Waals surface area contributed by atoms with Crippen LogP contribution in [-0.4, -0.2) is 23.9 Å². The molecular weight excluding hydrogens is 182 g/mol. The Hall–Kier alpha value is -1.10. The van der Waals surface area contributed by atoms with Crippen LogP contribution in [0.4, 0.5) is 0 Å². The fourth-order valence-electron chi connectivity index (χ4n) is 0.934. The van der Waals surface area contributed by atoms with Crippen molar-refractivity contribution in [3.63, 3.8) is 0 Å². The van der Waals surface area contributed by atoms with Crippen LogP contribution in [0.15, 0.2) is 0 Å². The van der Waals surface area contributed by atoms with Gasteiger partial charge in [-0.25, -0.2) is 0 Å². The first-order chi connectivity index (χ1) is 6.40. The molecule has 0 fully saturated rings. The highest BCUT2D eigenvalue weighted by Crippen LogP contribution is 2.03. The van der Waals surface area contributed by atoms with Gasteiger partial charge in [-0.05, 0) is 13.3 Å². The van der Waals surface area contributed by atoms with Gasteiger partial charge in [-0.3, -0.25) is 9.59 Å². The normalized spacial score (nSPS) is 16.9. The van der Waals surface area contributed by atoms with Crippen LogP contribution in [0.5, 0.6) is 0 Å². The van der Waals surface area contributed by atoms with Gasteiger partial charge in [0.25, 0.3) is 5.91 Å². The van der Waals surface area contributed by atoms with Crippen molar-refractivity contribution in [3.05, 3.63) is 0 Å². The quantitative estimate of drug-likeness (QED) is 0.512. The van der Waals surface area contributed by atoms with Crippen molar-refractivity contribution in [1.29, 1.82) is 0 Å². The van der Waals surface area contributed by atoms with Gasteiger partial charge >= 0.3 is 0 Å². The van der Waals surface area contributed by atoms with Gasteiger partial charge < -0.3 is 16.8 Å². The van der Waals surface area contributed by atoms with E-state index in [-0.39, 0.29) is 17.9 Å². The second kappa shape index (κ2) is 5.59. The van der Waals surface area contributed by atoms with E-state index in [1.807, 2.05) is 13.8 Å². The number of hydrogen-bond donors (Lipinski definition) is 3. The van der Waals surface area contributed by atoms with Crippen molar-refractivity contribution < 1.29 is 15.3 Å². The number of nitrogens with two attached hydrogens (primary N) is 1. The number of carbonyl (C=O) groups is 2. The number of hydrogen-bond acceptors (Lipinski definition) is 2. The lowest BCUT2D eigenvalue weighted by Crippen LogP contribution is -2.71. The second-order valence-corrected chi connectivity index (χ2v) is 3.62. The van der Waals surface area contributed by atoms with E-state index in [9.17, 15) is 9.59 Å². The number of amides is 2. The van der Waals surface area contributed by atoms with Gasteiger partial charge in [0.2, 0.25) is 5.91 Å². The molecule has 0 aliphatic heterocycles. The van der Waals surface area contributed by atoms with Gasteiger partial charge in [-0.2, -0.15) is 0 Å². The smallest absolute Gasteiger partial charge is 0.279 e. The van der Waals surface area contributed by atoms with E-state index in [0.29, 0.717) is 0 Å². The Labute approximate surface area is 84.2 Å². The predicted molar refractivity (Wildman–Crippen MR) is 52.9 cm³/mol. The van der Waals surface area contributed by atoms with Gasteiger partial charge in [0, 0.05) is 5.92 Å². The molecule has 0 unspecified atom stereocenters. The summed E-state index contributed by atoms with van der Waals surface area (Å²) < 4.78 is 0. The van der Waals surface area contributed by atoms with Crippen LogP contribution in [0.25, 0.3) is 0 Å². The average Bonchev–Trinajstić information content (AvgIpc) is 2.14. The first-order valence-electron chi connectivity index (χ1n) is 4.82. The van der Waals surface area contributed by atoms with Crippen LogP contribution in [0.1, 0.15) is 27.2 Å². The minimum absolute atomic E-state index is 0.204. The molecule has 0 saturated heterocycles. The van der Waals surface area contributed by atoms with E-state index in [1.54, 1.807) is 6.92 Å². The summed E-state index contributed by atoms with van der Waals surface area (Å²) in [6.07, 6.45) is 0.881. The predicted octanol–water partition coefficient (Wildman–Crippen LogP) is -1.37. The molecule has 14 heavy (non-hydrogen) atoms. The molecule has 2 amide bonds. The molecule has 0 spiro atoms. The molecule has 0 aliphatic carbocycles. The fraction of sp³-hybridized carbons (Fsp3) is 0.778. The lowest BCUT2D eigenvalue weighted by molar-refractivity contribution is -0.415. The number of primary amides is 1. The molecular formula is C9H20N3O2+. The van der Waals surface area contributed by atoms with Crippen molar-refractivity contribution in [1.82, 2.24) is 5.32 Å². The van der Waals surface area contributed by atoms with Crippen molar-refractivity contribution in [2.24, 2.45) is 11.7 Å². The largest absolute Gasteiger partial charge is 0.368 e. The van der Waals surface area contributed by atoms with Crippen LogP contribution in [0.2, 0.25) is 0 Å². The van der Waals surface area contributed by atoms with Crippen molar-refractivity contribution in [2.45, 2.75) is 39.3 Å². The van der Waals surface area contributed by atoms with Crippen molar-refractivity contribution in [2.75, 3.05) is 0 Å². The standard InChI is InChI=1S/C9H19N3O2/c1-4-5(2)7(10)9(14)12-6(3)8(11)13/h5-7H,4,10H2,1-3H3,(H2,11,13)(H,12,14)/p+1/t5-,6-,7+/m0/s1. The molecule has 0 radical (unpaired) electrons. The Morgan fingerprint density at radius 3 is 2.29 bits per heavy atom. The Morgan fingerprint density at radius 2 is 1.93 bits per heavy atom. The van der Waals surface area contributed by atoms with E-state index < -0.39 is 11.9 Å². The number of rotatable bonds is 5. The summed E-state index contributed by atoms with van der Waals surface area (Å²) >= 11 is 0. The van der Waals surface area contributed by atoms with Gasteiger partial charge in [-0.1, -0.05) is 13.8 Å². The lowest BCUT2D eigenvalue weighted by Gasteiger charge is -2.16. The van der Waals surface area contributed by atoms with E-state index in [2.05, 4.69) is 11.1 Å². The molecule has 5 nitrogen and oxygen atoms in total. The molecule has 6 N–H and O–H groups in total. The molecule has 0 heterocycles. The summed E-state index contributed by atoms with van der Waals surface area (Å²) in [6, 6.07) is -0.961. The zero-order valence-corrected chi connectivity index (χ0v) is 9.04. The first-order valence-corrected chi connectivity index (χ1v) is 4.82. The van der Waals surface area contributed by atoms with E-state index in [0.717, 1.165) is 6.42 Å². The highest BCUT2D eigenvalue weighted by atomic mass is 16.2. The van der Waals surface area contributed by atoms with Crippen LogP contribution in [0.3, 0.4) is 0 Å². The summed E-state index contributed by atoms with van der Waals surface area (Å²) in [5.74, 6) is -0.546. The zero-order chi connectivity index (χ0) is 11.3. The summed E-state index contributed by atoms with van der Waals surface area (Å²) in [5, 5.41) is 2.52. The Bertz CT molecular complexity index is 218. The maximum absolute atomic E-state index is 11.5. The third kappa shape index (κ3) is 3.74. The summed E-state index contributed by atoms with van der Waals surface area (Å²) in [5.41, 5.74) is 8.78. The van der Waals surface area contributed by atoms with Crippen LogP contribution >= 0.6 is 0 Å². The molecule has 0 aromatic heterocycles. The SMILES string of the molecule is CC[C@H](C)[C@@H]([NH3+])C(=O)N[C@@H](C)C(N)=O. The highest BCUT2D eigenvalue weighted by Gasteiger charge is 2.25. The molecule has 5 heteroatoms. The van der Waals surface area contributed by atoms with E-state index in [1.165, 1.54) is 0 Å². The molecule has 0 bridgehead atoms. The number of quaternary nitrogens is 1. The Kier molecular flexibility index (Phi) is 5.15. The Morgan fingerprint density at radius 1 is 1.43 bits per heavy atom. The monoisotopic (exact) mass is 202 g/mol. The summed E-state index contributed by atoms with van der Waals surface area (Å²) in [7, 11) is 0. The average molecular weight is 202 g/mol. The number of nitrogens with one attached hydrogen (secondary N) is 1. The molecule has 0 rings (SSSR count). The van der Waals surface area contributed by atoms with Crippen molar-refractivity contribution >= 4 is 11.8 Å². The fourth-order valence-corrected chi connectivity index (χ4v) is 0.934. The topological polar surface area (TPSA) is 99.8 Å². The van der Waals surface area contributed by atoms with Gasteiger partial charge in [-0.15, -0.1) is 0 Å². The molecule has 0 aromatic carbocycles. The molecule has 3 atom stereocenters.